The van der Waals surface area contributed by atoms with E-state index < -0.39 is 6.04 Å². The molecule has 2 aliphatic heterocycles. The van der Waals surface area contributed by atoms with E-state index in [0.29, 0.717) is 30.1 Å². The van der Waals surface area contributed by atoms with Gasteiger partial charge < -0.3 is 10.2 Å². The number of aryl methyl sites for hydroxylation is 2. The number of para-hydroxylation sites is 1. The molecule has 2 aliphatic rings. The van der Waals surface area contributed by atoms with E-state index in [4.69, 9.17) is 0 Å². The fraction of sp³-hybridized carbons (Fsp3) is 0.333. The Hall–Kier alpha value is -3.48. The molecule has 1 saturated heterocycles. The van der Waals surface area contributed by atoms with Crippen LogP contribution in [0.25, 0.3) is 0 Å². The molecule has 2 heterocycles. The highest BCUT2D eigenvalue weighted by Gasteiger charge is 2.37. The van der Waals surface area contributed by atoms with Gasteiger partial charge in [0.15, 0.2) is 0 Å². The first-order valence-electron chi connectivity index (χ1n) is 10.6. The minimum absolute atomic E-state index is 0.134. The van der Waals surface area contributed by atoms with Crippen molar-refractivity contribution in [3.05, 3.63) is 59.7 Å². The summed E-state index contributed by atoms with van der Waals surface area (Å²) in [6, 6.07) is 14.5. The zero-order valence-electron chi connectivity index (χ0n) is 17.8. The first-order chi connectivity index (χ1) is 14.9. The van der Waals surface area contributed by atoms with Crippen LogP contribution in [0.5, 0.6) is 0 Å². The van der Waals surface area contributed by atoms with Gasteiger partial charge in [0.2, 0.25) is 11.8 Å². The SMILES string of the molecule is Cc1ccc(C)c(N2N=C(C(=O)N3CCCC3C(=O)Nc3ccccc3)CCC2=O)c1. The normalized spacial score (nSPS) is 18.7. The maximum Gasteiger partial charge on any atom is 0.270 e. The molecule has 2 aromatic rings. The predicted molar refractivity (Wildman–Crippen MR) is 120 cm³/mol. The van der Waals surface area contributed by atoms with E-state index in [2.05, 4.69) is 10.4 Å². The molecule has 0 saturated carbocycles. The molecule has 1 atom stereocenters. The van der Waals surface area contributed by atoms with Crippen molar-refractivity contribution in [3.63, 3.8) is 0 Å². The number of carbonyl (C=O) groups excluding carboxylic acids is 3. The van der Waals surface area contributed by atoms with Crippen molar-refractivity contribution >= 4 is 34.8 Å². The minimum atomic E-state index is -0.540. The molecule has 0 aromatic heterocycles. The van der Waals surface area contributed by atoms with Crippen molar-refractivity contribution in [3.8, 4) is 0 Å². The third-order valence-electron chi connectivity index (χ3n) is 5.73. The highest BCUT2D eigenvalue weighted by Crippen LogP contribution is 2.27. The average Bonchev–Trinajstić information content (AvgIpc) is 3.26. The lowest BCUT2D eigenvalue weighted by atomic mass is 10.1. The summed E-state index contributed by atoms with van der Waals surface area (Å²) in [5, 5.41) is 8.67. The summed E-state index contributed by atoms with van der Waals surface area (Å²) in [5.41, 5.74) is 3.64. The van der Waals surface area contributed by atoms with Crippen molar-refractivity contribution in [1.82, 2.24) is 4.90 Å². The number of hydrazone groups is 1. The van der Waals surface area contributed by atoms with Crippen LogP contribution >= 0.6 is 0 Å². The molecule has 160 valence electrons. The zero-order valence-corrected chi connectivity index (χ0v) is 17.8. The van der Waals surface area contributed by atoms with E-state index in [9.17, 15) is 14.4 Å². The average molecular weight is 418 g/mol. The van der Waals surface area contributed by atoms with E-state index in [0.717, 1.165) is 17.5 Å². The molecular weight excluding hydrogens is 392 g/mol. The van der Waals surface area contributed by atoms with E-state index in [1.807, 2.05) is 62.4 Å². The first kappa shape index (κ1) is 20.8. The molecule has 4 rings (SSSR count). The molecule has 0 radical (unpaired) electrons. The molecule has 7 nitrogen and oxygen atoms in total. The Kier molecular flexibility index (Phi) is 5.84. The highest BCUT2D eigenvalue weighted by atomic mass is 16.2. The van der Waals surface area contributed by atoms with Gasteiger partial charge in [-0.05, 0) is 56.0 Å². The summed E-state index contributed by atoms with van der Waals surface area (Å²) in [6.45, 7) is 4.37. The number of anilines is 2. The van der Waals surface area contributed by atoms with Crippen molar-refractivity contribution in [2.24, 2.45) is 5.10 Å². The molecule has 0 aliphatic carbocycles. The second-order valence-electron chi connectivity index (χ2n) is 8.05. The van der Waals surface area contributed by atoms with E-state index in [-0.39, 0.29) is 30.6 Å². The fourth-order valence-electron chi connectivity index (χ4n) is 4.04. The minimum Gasteiger partial charge on any atom is -0.326 e. The summed E-state index contributed by atoms with van der Waals surface area (Å²) in [6.07, 6.45) is 1.86. The molecule has 1 fully saturated rings. The van der Waals surface area contributed by atoms with Gasteiger partial charge in [0, 0.05) is 25.1 Å². The van der Waals surface area contributed by atoms with Crippen LogP contribution in [0.15, 0.2) is 53.6 Å². The van der Waals surface area contributed by atoms with Gasteiger partial charge in [0.05, 0.1) is 5.69 Å². The number of nitrogens with zero attached hydrogens (tertiary/aromatic N) is 3. The number of hydrogen-bond acceptors (Lipinski definition) is 4. The third-order valence-corrected chi connectivity index (χ3v) is 5.73. The maximum atomic E-state index is 13.3. The smallest absolute Gasteiger partial charge is 0.270 e. The van der Waals surface area contributed by atoms with Crippen molar-refractivity contribution in [2.45, 2.75) is 45.6 Å². The Bertz CT molecular complexity index is 1050. The number of rotatable bonds is 4. The highest BCUT2D eigenvalue weighted by molar-refractivity contribution is 6.40. The summed E-state index contributed by atoms with van der Waals surface area (Å²) >= 11 is 0. The number of hydrogen-bond donors (Lipinski definition) is 1. The molecule has 3 amide bonds. The molecule has 31 heavy (non-hydrogen) atoms. The van der Waals surface area contributed by atoms with Crippen LogP contribution in [0, 0.1) is 13.8 Å². The molecule has 1 unspecified atom stereocenters. The van der Waals surface area contributed by atoms with Gasteiger partial charge in [-0.25, -0.2) is 5.01 Å². The monoisotopic (exact) mass is 418 g/mol. The topological polar surface area (TPSA) is 82.1 Å². The Balaban J connectivity index is 1.55. The van der Waals surface area contributed by atoms with Crippen LogP contribution in [0.4, 0.5) is 11.4 Å². The van der Waals surface area contributed by atoms with E-state index >= 15 is 0 Å². The van der Waals surface area contributed by atoms with Gasteiger partial charge in [0.1, 0.15) is 11.8 Å². The van der Waals surface area contributed by atoms with Crippen LogP contribution in [-0.2, 0) is 14.4 Å². The number of carbonyl (C=O) groups is 3. The zero-order chi connectivity index (χ0) is 22.0. The van der Waals surface area contributed by atoms with E-state index in [1.165, 1.54) is 5.01 Å². The molecule has 0 spiro atoms. The fourth-order valence-corrected chi connectivity index (χ4v) is 4.04. The molecular formula is C24H26N4O3. The van der Waals surface area contributed by atoms with Gasteiger partial charge in [-0.2, -0.15) is 5.10 Å². The molecule has 2 aromatic carbocycles. The van der Waals surface area contributed by atoms with Gasteiger partial charge in [-0.3, -0.25) is 14.4 Å². The maximum absolute atomic E-state index is 13.3. The van der Waals surface area contributed by atoms with Gasteiger partial charge in [-0.15, -0.1) is 0 Å². The Morgan fingerprint density at radius 1 is 1.06 bits per heavy atom. The first-order valence-corrected chi connectivity index (χ1v) is 10.6. The van der Waals surface area contributed by atoms with Crippen molar-refractivity contribution in [1.29, 1.82) is 0 Å². The lowest BCUT2D eigenvalue weighted by Gasteiger charge is -2.28. The summed E-state index contributed by atoms with van der Waals surface area (Å²) < 4.78 is 0. The third kappa shape index (κ3) is 4.35. The lowest BCUT2D eigenvalue weighted by molar-refractivity contribution is -0.131. The van der Waals surface area contributed by atoms with Gasteiger partial charge >= 0.3 is 0 Å². The van der Waals surface area contributed by atoms with Crippen LogP contribution in [0.1, 0.15) is 36.8 Å². The Labute approximate surface area is 181 Å². The number of nitrogens with one attached hydrogen (secondary N) is 1. The largest absolute Gasteiger partial charge is 0.326 e. The summed E-state index contributed by atoms with van der Waals surface area (Å²) in [7, 11) is 0. The van der Waals surface area contributed by atoms with Gasteiger partial charge in [0.25, 0.3) is 5.91 Å². The Morgan fingerprint density at radius 2 is 1.84 bits per heavy atom. The van der Waals surface area contributed by atoms with Crippen LogP contribution in [-0.4, -0.2) is 40.9 Å². The number of amides is 3. The van der Waals surface area contributed by atoms with Crippen LogP contribution in [0.2, 0.25) is 0 Å². The van der Waals surface area contributed by atoms with E-state index in [1.54, 1.807) is 4.90 Å². The second-order valence-corrected chi connectivity index (χ2v) is 8.05. The van der Waals surface area contributed by atoms with Crippen LogP contribution in [0.3, 0.4) is 0 Å². The number of benzene rings is 2. The molecule has 7 heteroatoms. The van der Waals surface area contributed by atoms with Crippen LogP contribution < -0.4 is 10.3 Å². The standard InChI is InChI=1S/C24H26N4O3/c1-16-10-11-17(2)21(15-16)28-22(29)13-12-19(26-28)24(31)27-14-6-9-20(27)23(30)25-18-7-4-3-5-8-18/h3-5,7-8,10-11,15,20H,6,9,12-14H2,1-2H3,(H,25,30). The summed E-state index contributed by atoms with van der Waals surface area (Å²) in [5.74, 6) is -0.602. The van der Waals surface area contributed by atoms with Crippen molar-refractivity contribution < 1.29 is 14.4 Å². The number of likely N-dealkylation sites (tertiary alicyclic amines) is 1. The molecule has 0 bridgehead atoms. The van der Waals surface area contributed by atoms with Gasteiger partial charge in [-0.1, -0.05) is 30.3 Å². The quantitative estimate of drug-likeness (QED) is 0.826. The lowest BCUT2D eigenvalue weighted by Crippen LogP contribution is -2.47. The Morgan fingerprint density at radius 3 is 2.61 bits per heavy atom. The predicted octanol–water partition coefficient (Wildman–Crippen LogP) is 3.42. The van der Waals surface area contributed by atoms with Crippen molar-refractivity contribution in [2.75, 3.05) is 16.9 Å². The molecule has 1 N–H and O–H groups in total. The summed E-state index contributed by atoms with van der Waals surface area (Å²) in [4.78, 5) is 40.2. The second kappa shape index (κ2) is 8.71.